The van der Waals surface area contributed by atoms with Gasteiger partial charge in [-0.15, -0.1) is 0 Å². The van der Waals surface area contributed by atoms with Crippen LogP contribution in [0.1, 0.15) is 31.1 Å². The number of methoxy groups -OCH3 is 1. The molecule has 3 heteroatoms. The Morgan fingerprint density at radius 2 is 1.88 bits per heavy atom. The Morgan fingerprint density at radius 3 is 2.31 bits per heavy atom. The Balaban J connectivity index is 2.83. The molecule has 16 heavy (non-hydrogen) atoms. The summed E-state index contributed by atoms with van der Waals surface area (Å²) in [5.74, 6) is 1.98. The second-order valence-corrected chi connectivity index (χ2v) is 5.14. The van der Waals surface area contributed by atoms with E-state index in [1.807, 2.05) is 23.9 Å². The van der Waals surface area contributed by atoms with Gasteiger partial charge in [0.25, 0.3) is 0 Å². The zero-order valence-corrected chi connectivity index (χ0v) is 11.1. The number of ether oxygens (including phenoxy) is 1. The van der Waals surface area contributed by atoms with Gasteiger partial charge < -0.3 is 10.5 Å². The molecule has 0 aliphatic heterocycles. The lowest BCUT2D eigenvalue weighted by Gasteiger charge is -2.22. The van der Waals surface area contributed by atoms with Crippen molar-refractivity contribution in [2.45, 2.75) is 31.6 Å². The molecule has 0 aliphatic carbocycles. The molecule has 0 aliphatic rings. The highest BCUT2D eigenvalue weighted by Gasteiger charge is 2.18. The van der Waals surface area contributed by atoms with Crippen LogP contribution in [0, 0.1) is 0 Å². The largest absolute Gasteiger partial charge is 0.497 e. The van der Waals surface area contributed by atoms with Gasteiger partial charge in [0.05, 0.1) is 7.11 Å². The van der Waals surface area contributed by atoms with Crippen molar-refractivity contribution >= 4 is 11.8 Å². The highest BCUT2D eigenvalue weighted by molar-refractivity contribution is 7.99. The summed E-state index contributed by atoms with van der Waals surface area (Å²) in [7, 11) is 1.69. The van der Waals surface area contributed by atoms with E-state index < -0.39 is 0 Å². The molecule has 2 nitrogen and oxygen atoms in total. The fourth-order valence-corrected chi connectivity index (χ4v) is 2.80. The monoisotopic (exact) mass is 239 g/mol. The number of benzene rings is 1. The van der Waals surface area contributed by atoms with Crippen LogP contribution in [0.4, 0.5) is 0 Å². The molecule has 0 saturated carbocycles. The summed E-state index contributed by atoms with van der Waals surface area (Å²) in [5.41, 5.74) is 7.45. The smallest absolute Gasteiger partial charge is 0.118 e. The van der Waals surface area contributed by atoms with E-state index in [-0.39, 0.29) is 6.04 Å². The van der Waals surface area contributed by atoms with E-state index in [1.165, 1.54) is 5.56 Å². The zero-order chi connectivity index (χ0) is 12.0. The standard InChI is InChI=1S/C13H21NOS/c1-4-12(14)13(16-5-2)10-6-8-11(15-3)9-7-10/h6-9,12-13H,4-5,14H2,1-3H3. The zero-order valence-electron chi connectivity index (χ0n) is 10.3. The maximum absolute atomic E-state index is 6.15. The van der Waals surface area contributed by atoms with Crippen LogP contribution in [0.15, 0.2) is 24.3 Å². The Hall–Kier alpha value is -0.670. The van der Waals surface area contributed by atoms with Crippen molar-refractivity contribution in [2.75, 3.05) is 12.9 Å². The predicted octanol–water partition coefficient (Wildman–Crippen LogP) is 3.23. The van der Waals surface area contributed by atoms with Crippen LogP contribution in [0.5, 0.6) is 5.75 Å². The van der Waals surface area contributed by atoms with E-state index in [0.29, 0.717) is 5.25 Å². The lowest BCUT2D eigenvalue weighted by atomic mass is 10.0. The first kappa shape index (κ1) is 13.4. The normalized spacial score (nSPS) is 14.5. The minimum atomic E-state index is 0.221. The van der Waals surface area contributed by atoms with Crippen molar-refractivity contribution in [1.82, 2.24) is 0 Å². The molecule has 0 saturated heterocycles. The molecule has 0 spiro atoms. The van der Waals surface area contributed by atoms with E-state index in [1.54, 1.807) is 7.11 Å². The molecule has 0 bridgehead atoms. The van der Waals surface area contributed by atoms with Crippen molar-refractivity contribution < 1.29 is 4.74 Å². The SMILES string of the molecule is CCSC(c1ccc(OC)cc1)C(N)CC. The minimum absolute atomic E-state index is 0.221. The van der Waals surface area contributed by atoms with Gasteiger partial charge in [0.15, 0.2) is 0 Å². The first-order valence-corrected chi connectivity index (χ1v) is 6.78. The van der Waals surface area contributed by atoms with Gasteiger partial charge in [-0.1, -0.05) is 26.0 Å². The summed E-state index contributed by atoms with van der Waals surface area (Å²) in [6.45, 7) is 4.31. The van der Waals surface area contributed by atoms with Crippen molar-refractivity contribution in [3.05, 3.63) is 29.8 Å². The molecular weight excluding hydrogens is 218 g/mol. The van der Waals surface area contributed by atoms with Crippen LogP contribution < -0.4 is 10.5 Å². The molecule has 0 fully saturated rings. The predicted molar refractivity (Wildman–Crippen MR) is 72.1 cm³/mol. The fraction of sp³-hybridized carbons (Fsp3) is 0.538. The van der Waals surface area contributed by atoms with Crippen molar-refractivity contribution in [2.24, 2.45) is 5.73 Å². The van der Waals surface area contributed by atoms with E-state index in [4.69, 9.17) is 10.5 Å². The second-order valence-electron chi connectivity index (χ2n) is 3.72. The Kier molecular flexibility index (Phi) is 5.71. The Morgan fingerprint density at radius 1 is 1.25 bits per heavy atom. The third kappa shape index (κ3) is 3.42. The second kappa shape index (κ2) is 6.81. The maximum atomic E-state index is 6.15. The lowest BCUT2D eigenvalue weighted by Crippen LogP contribution is -2.25. The van der Waals surface area contributed by atoms with Crippen molar-refractivity contribution in [1.29, 1.82) is 0 Å². The molecule has 0 amide bonds. The van der Waals surface area contributed by atoms with Gasteiger partial charge in [-0.25, -0.2) is 0 Å². The van der Waals surface area contributed by atoms with Crippen LogP contribution >= 0.6 is 11.8 Å². The molecule has 1 rings (SSSR count). The third-order valence-corrected chi connectivity index (χ3v) is 3.97. The van der Waals surface area contributed by atoms with Crippen LogP contribution in [-0.4, -0.2) is 18.9 Å². The summed E-state index contributed by atoms with van der Waals surface area (Å²) in [4.78, 5) is 0. The molecular formula is C13H21NOS. The van der Waals surface area contributed by atoms with Gasteiger partial charge in [-0.3, -0.25) is 0 Å². The topological polar surface area (TPSA) is 35.2 Å². The van der Waals surface area contributed by atoms with Crippen LogP contribution in [0.3, 0.4) is 0 Å². The molecule has 90 valence electrons. The molecule has 1 aromatic carbocycles. The lowest BCUT2D eigenvalue weighted by molar-refractivity contribution is 0.414. The Labute approximate surface area is 103 Å². The van der Waals surface area contributed by atoms with Gasteiger partial charge in [0.2, 0.25) is 0 Å². The van der Waals surface area contributed by atoms with Gasteiger partial charge in [-0.05, 0) is 29.9 Å². The van der Waals surface area contributed by atoms with Crippen molar-refractivity contribution in [3.63, 3.8) is 0 Å². The highest BCUT2D eigenvalue weighted by Crippen LogP contribution is 2.33. The summed E-state index contributed by atoms with van der Waals surface area (Å²) < 4.78 is 5.16. The molecule has 0 heterocycles. The van der Waals surface area contributed by atoms with E-state index in [2.05, 4.69) is 26.0 Å². The van der Waals surface area contributed by atoms with Gasteiger partial charge in [0.1, 0.15) is 5.75 Å². The molecule has 2 atom stereocenters. The summed E-state index contributed by atoms with van der Waals surface area (Å²) in [6.07, 6.45) is 1.00. The minimum Gasteiger partial charge on any atom is -0.497 e. The summed E-state index contributed by atoms with van der Waals surface area (Å²) in [5, 5.41) is 0.390. The van der Waals surface area contributed by atoms with E-state index >= 15 is 0 Å². The van der Waals surface area contributed by atoms with E-state index in [0.717, 1.165) is 17.9 Å². The quantitative estimate of drug-likeness (QED) is 0.828. The number of hydrogen-bond donors (Lipinski definition) is 1. The van der Waals surface area contributed by atoms with Gasteiger partial charge in [0, 0.05) is 11.3 Å². The first-order valence-electron chi connectivity index (χ1n) is 5.74. The molecule has 0 radical (unpaired) electrons. The average molecular weight is 239 g/mol. The fourth-order valence-electron chi connectivity index (χ4n) is 1.65. The van der Waals surface area contributed by atoms with Gasteiger partial charge >= 0.3 is 0 Å². The van der Waals surface area contributed by atoms with Crippen LogP contribution in [0.2, 0.25) is 0 Å². The molecule has 1 aromatic rings. The Bertz CT molecular complexity index is 299. The number of nitrogens with two attached hydrogens (primary N) is 1. The number of thioether (sulfide) groups is 1. The molecule has 0 aromatic heterocycles. The number of hydrogen-bond acceptors (Lipinski definition) is 3. The first-order chi connectivity index (χ1) is 7.72. The third-order valence-electron chi connectivity index (χ3n) is 2.65. The molecule has 2 N–H and O–H groups in total. The van der Waals surface area contributed by atoms with Gasteiger partial charge in [-0.2, -0.15) is 11.8 Å². The number of rotatable bonds is 6. The summed E-state index contributed by atoms with van der Waals surface area (Å²) >= 11 is 1.91. The van der Waals surface area contributed by atoms with Crippen LogP contribution in [-0.2, 0) is 0 Å². The molecule has 2 unspecified atom stereocenters. The maximum Gasteiger partial charge on any atom is 0.118 e. The average Bonchev–Trinajstić information content (AvgIpc) is 2.35. The van der Waals surface area contributed by atoms with E-state index in [9.17, 15) is 0 Å². The van der Waals surface area contributed by atoms with Crippen LogP contribution in [0.25, 0.3) is 0 Å². The highest BCUT2D eigenvalue weighted by atomic mass is 32.2. The summed E-state index contributed by atoms with van der Waals surface area (Å²) in [6, 6.07) is 8.45. The van der Waals surface area contributed by atoms with Crippen molar-refractivity contribution in [3.8, 4) is 5.75 Å².